The summed E-state index contributed by atoms with van der Waals surface area (Å²) >= 11 is 0. The van der Waals surface area contributed by atoms with Crippen LogP contribution in [0, 0.1) is 18.3 Å². The number of hydrogen-bond acceptors (Lipinski definition) is 0. The summed E-state index contributed by atoms with van der Waals surface area (Å²) in [6.07, 6.45) is 6.72. The van der Waals surface area contributed by atoms with E-state index in [0.29, 0.717) is 0 Å². The van der Waals surface area contributed by atoms with Crippen LogP contribution < -0.4 is 0 Å². The van der Waals surface area contributed by atoms with E-state index in [1.54, 1.807) is 0 Å². The largest absolute Gasteiger partial charge is 0.0651 e. The van der Waals surface area contributed by atoms with E-state index in [0.717, 1.165) is 11.8 Å². The molecule has 0 heteroatoms. The molecule has 1 aliphatic carbocycles. The summed E-state index contributed by atoms with van der Waals surface area (Å²) in [7, 11) is 0. The Kier molecular flexibility index (Phi) is 1.93. The molecule has 0 aromatic rings. The minimum absolute atomic E-state index is 0.903. The van der Waals surface area contributed by atoms with Gasteiger partial charge in [-0.15, -0.1) is 0 Å². The summed E-state index contributed by atoms with van der Waals surface area (Å²) in [4.78, 5) is 0. The van der Waals surface area contributed by atoms with Gasteiger partial charge in [0.2, 0.25) is 0 Å². The molecule has 2 atom stereocenters. The Morgan fingerprint density at radius 1 is 1.50 bits per heavy atom. The summed E-state index contributed by atoms with van der Waals surface area (Å²) < 4.78 is 0. The average molecular weight is 111 g/mol. The molecule has 0 aromatic heterocycles. The van der Waals surface area contributed by atoms with Crippen LogP contribution in [0.2, 0.25) is 0 Å². The molecular formula is C8H15. The summed E-state index contributed by atoms with van der Waals surface area (Å²) in [6, 6.07) is 0. The first kappa shape index (κ1) is 6.12. The lowest BCUT2D eigenvalue weighted by molar-refractivity contribution is 0.602. The van der Waals surface area contributed by atoms with E-state index in [-0.39, 0.29) is 0 Å². The van der Waals surface area contributed by atoms with E-state index in [2.05, 4.69) is 20.3 Å². The highest BCUT2D eigenvalue weighted by Crippen LogP contribution is 2.30. The Balaban J connectivity index is 2.22. The van der Waals surface area contributed by atoms with Crippen molar-refractivity contribution in [3.8, 4) is 0 Å². The van der Waals surface area contributed by atoms with E-state index < -0.39 is 0 Å². The standard InChI is InChI=1S/C8H15/c1-3-8-5-4-7(2)6-8/h6-8H,3-5H2,1-2H3. The fraction of sp³-hybridized carbons (Fsp3) is 0.875. The first-order valence-electron chi connectivity index (χ1n) is 3.68. The quantitative estimate of drug-likeness (QED) is 0.488. The summed E-state index contributed by atoms with van der Waals surface area (Å²) in [5.41, 5.74) is 0. The molecule has 1 aliphatic rings. The van der Waals surface area contributed by atoms with Gasteiger partial charge in [-0.3, -0.25) is 0 Å². The van der Waals surface area contributed by atoms with Gasteiger partial charge in [0.1, 0.15) is 0 Å². The van der Waals surface area contributed by atoms with Crippen LogP contribution >= 0.6 is 0 Å². The molecule has 2 unspecified atom stereocenters. The van der Waals surface area contributed by atoms with Gasteiger partial charge in [-0.1, -0.05) is 26.7 Å². The molecule has 0 bridgehead atoms. The van der Waals surface area contributed by atoms with Crippen molar-refractivity contribution >= 4 is 0 Å². The Hall–Kier alpha value is 0. The van der Waals surface area contributed by atoms with Gasteiger partial charge in [-0.2, -0.15) is 0 Å². The van der Waals surface area contributed by atoms with Gasteiger partial charge in [0.15, 0.2) is 0 Å². The highest BCUT2D eigenvalue weighted by Gasteiger charge is 2.18. The Bertz CT molecular complexity index is 66.4. The summed E-state index contributed by atoms with van der Waals surface area (Å²) in [5, 5.41) is 0. The van der Waals surface area contributed by atoms with Crippen LogP contribution in [0.5, 0.6) is 0 Å². The lowest BCUT2D eigenvalue weighted by Gasteiger charge is -2.01. The first-order valence-corrected chi connectivity index (χ1v) is 3.68. The topological polar surface area (TPSA) is 0 Å². The second-order valence-corrected chi connectivity index (χ2v) is 2.92. The first-order chi connectivity index (χ1) is 3.83. The van der Waals surface area contributed by atoms with Crippen LogP contribution in [0.1, 0.15) is 33.1 Å². The predicted molar refractivity (Wildman–Crippen MR) is 36.5 cm³/mol. The third-order valence-corrected chi connectivity index (χ3v) is 2.12. The van der Waals surface area contributed by atoms with Crippen molar-refractivity contribution in [2.75, 3.05) is 0 Å². The minimum Gasteiger partial charge on any atom is -0.0651 e. The monoisotopic (exact) mass is 111 g/mol. The summed E-state index contributed by atoms with van der Waals surface area (Å²) in [6.45, 7) is 4.59. The molecular weight excluding hydrogens is 96.1 g/mol. The second kappa shape index (κ2) is 2.52. The van der Waals surface area contributed by atoms with Gasteiger partial charge >= 0.3 is 0 Å². The van der Waals surface area contributed by atoms with E-state index >= 15 is 0 Å². The smallest absolute Gasteiger partial charge is 0.0327 e. The van der Waals surface area contributed by atoms with Crippen LogP contribution in [0.4, 0.5) is 0 Å². The van der Waals surface area contributed by atoms with Crippen molar-refractivity contribution in [2.45, 2.75) is 33.1 Å². The molecule has 0 saturated heterocycles. The minimum atomic E-state index is 0.903. The Morgan fingerprint density at radius 2 is 2.25 bits per heavy atom. The maximum atomic E-state index is 2.50. The molecule has 47 valence electrons. The highest BCUT2D eigenvalue weighted by atomic mass is 14.2. The lowest BCUT2D eigenvalue weighted by Crippen LogP contribution is -1.91. The molecule has 0 heterocycles. The van der Waals surface area contributed by atoms with Gasteiger partial charge in [0.05, 0.1) is 0 Å². The van der Waals surface area contributed by atoms with Crippen molar-refractivity contribution in [3.05, 3.63) is 6.42 Å². The fourth-order valence-electron chi connectivity index (χ4n) is 1.47. The van der Waals surface area contributed by atoms with Gasteiger partial charge in [-0.25, -0.2) is 0 Å². The highest BCUT2D eigenvalue weighted by molar-refractivity contribution is 4.87. The van der Waals surface area contributed by atoms with Gasteiger partial charge < -0.3 is 0 Å². The Labute approximate surface area is 52.3 Å². The lowest BCUT2D eigenvalue weighted by atomic mass is 10.0. The number of hydrogen-bond donors (Lipinski definition) is 0. The van der Waals surface area contributed by atoms with Gasteiger partial charge in [-0.05, 0) is 24.7 Å². The van der Waals surface area contributed by atoms with Crippen molar-refractivity contribution in [1.82, 2.24) is 0 Å². The van der Waals surface area contributed by atoms with Crippen molar-refractivity contribution in [1.29, 1.82) is 0 Å². The molecule has 0 spiro atoms. The molecule has 1 rings (SSSR count). The zero-order valence-electron chi connectivity index (χ0n) is 5.85. The van der Waals surface area contributed by atoms with Gasteiger partial charge in [0.25, 0.3) is 0 Å². The maximum Gasteiger partial charge on any atom is -0.0327 e. The molecule has 0 aliphatic heterocycles. The Morgan fingerprint density at radius 3 is 2.50 bits per heavy atom. The van der Waals surface area contributed by atoms with E-state index in [9.17, 15) is 0 Å². The fourth-order valence-corrected chi connectivity index (χ4v) is 1.47. The summed E-state index contributed by atoms with van der Waals surface area (Å²) in [5.74, 6) is 1.85. The predicted octanol–water partition coefficient (Wildman–Crippen LogP) is 2.65. The molecule has 8 heavy (non-hydrogen) atoms. The molecule has 0 nitrogen and oxygen atoms in total. The van der Waals surface area contributed by atoms with E-state index in [1.165, 1.54) is 19.3 Å². The van der Waals surface area contributed by atoms with Crippen molar-refractivity contribution < 1.29 is 0 Å². The number of rotatable bonds is 1. The molecule has 0 amide bonds. The van der Waals surface area contributed by atoms with Crippen molar-refractivity contribution in [2.24, 2.45) is 11.8 Å². The zero-order chi connectivity index (χ0) is 5.98. The van der Waals surface area contributed by atoms with Crippen LogP contribution in [-0.2, 0) is 0 Å². The zero-order valence-corrected chi connectivity index (χ0v) is 5.85. The van der Waals surface area contributed by atoms with Crippen LogP contribution in [0.25, 0.3) is 0 Å². The average Bonchev–Trinajstić information content (AvgIpc) is 2.14. The van der Waals surface area contributed by atoms with Crippen LogP contribution in [-0.4, -0.2) is 0 Å². The molecule has 1 fully saturated rings. The molecule has 1 radical (unpaired) electrons. The van der Waals surface area contributed by atoms with Crippen molar-refractivity contribution in [3.63, 3.8) is 0 Å². The van der Waals surface area contributed by atoms with E-state index in [4.69, 9.17) is 0 Å². The van der Waals surface area contributed by atoms with Crippen LogP contribution in [0.15, 0.2) is 0 Å². The van der Waals surface area contributed by atoms with Crippen LogP contribution in [0.3, 0.4) is 0 Å². The molecule has 0 N–H and O–H groups in total. The SMILES string of the molecule is CCC1[CH]C(C)CC1. The second-order valence-electron chi connectivity index (χ2n) is 2.92. The third-order valence-electron chi connectivity index (χ3n) is 2.12. The van der Waals surface area contributed by atoms with E-state index in [1.807, 2.05) is 0 Å². The van der Waals surface area contributed by atoms with Gasteiger partial charge in [0, 0.05) is 0 Å². The maximum absolute atomic E-state index is 2.50. The third kappa shape index (κ3) is 1.24. The molecule has 0 aromatic carbocycles. The molecule has 1 saturated carbocycles. The normalized spacial score (nSPS) is 38.2.